The lowest BCUT2D eigenvalue weighted by Gasteiger charge is -2.30. The van der Waals surface area contributed by atoms with Gasteiger partial charge in [0.1, 0.15) is 0 Å². The maximum Gasteiger partial charge on any atom is 0.305 e. The molecule has 2 N–H and O–H groups in total. The molecule has 0 heterocycles. The Hall–Kier alpha value is -1.36. The summed E-state index contributed by atoms with van der Waals surface area (Å²) in [6, 6.07) is 4.97. The first-order chi connectivity index (χ1) is 9.11. The van der Waals surface area contributed by atoms with Crippen molar-refractivity contribution < 1.29 is 14.7 Å². The van der Waals surface area contributed by atoms with Gasteiger partial charge in [-0.05, 0) is 36.1 Å². The van der Waals surface area contributed by atoms with Crippen LogP contribution < -0.4 is 5.32 Å². The molecule has 1 rings (SSSR count). The highest BCUT2D eigenvalue weighted by atomic mass is 79.9. The molecule has 0 bridgehead atoms. The summed E-state index contributed by atoms with van der Waals surface area (Å²) in [6.45, 7) is 7.59. The quantitative estimate of drug-likeness (QED) is 0.882. The Morgan fingerprint density at radius 3 is 2.40 bits per heavy atom. The second-order valence-electron chi connectivity index (χ2n) is 5.95. The zero-order chi connectivity index (χ0) is 15.5. The fourth-order valence-corrected chi connectivity index (χ4v) is 2.34. The van der Waals surface area contributed by atoms with Crippen LogP contribution in [0.15, 0.2) is 22.7 Å². The standard InChI is InChI=1S/C15H20BrNO3/c1-9-7-10(16)5-6-11(9)14(20)17-12(8-13(18)19)15(2,3)4/h5-7,12H,8H2,1-4H3,(H,17,20)(H,18,19). The van der Waals surface area contributed by atoms with Crippen molar-refractivity contribution in [2.45, 2.75) is 40.2 Å². The van der Waals surface area contributed by atoms with Crippen molar-refractivity contribution in [2.24, 2.45) is 5.41 Å². The first kappa shape index (κ1) is 16.7. The molecule has 4 nitrogen and oxygen atoms in total. The van der Waals surface area contributed by atoms with Crippen LogP contribution in [0, 0.1) is 12.3 Å². The number of carbonyl (C=O) groups excluding carboxylic acids is 1. The molecule has 110 valence electrons. The number of halogens is 1. The number of hydrogen-bond donors (Lipinski definition) is 2. The molecule has 1 aromatic rings. The van der Waals surface area contributed by atoms with Gasteiger partial charge in [-0.2, -0.15) is 0 Å². The van der Waals surface area contributed by atoms with Crippen molar-refractivity contribution in [1.82, 2.24) is 5.32 Å². The fourth-order valence-electron chi connectivity index (χ4n) is 1.87. The summed E-state index contributed by atoms with van der Waals surface area (Å²) >= 11 is 3.35. The number of nitrogens with one attached hydrogen (secondary N) is 1. The third kappa shape index (κ3) is 4.63. The molecule has 5 heteroatoms. The molecule has 1 aromatic carbocycles. The van der Waals surface area contributed by atoms with E-state index in [9.17, 15) is 9.59 Å². The van der Waals surface area contributed by atoms with Gasteiger partial charge in [0.2, 0.25) is 0 Å². The summed E-state index contributed by atoms with van der Waals surface area (Å²) in [5, 5.41) is 11.8. The monoisotopic (exact) mass is 341 g/mol. The number of benzene rings is 1. The molecule has 0 fully saturated rings. The van der Waals surface area contributed by atoms with E-state index < -0.39 is 12.0 Å². The van der Waals surface area contributed by atoms with Gasteiger partial charge in [-0.15, -0.1) is 0 Å². The van der Waals surface area contributed by atoms with Gasteiger partial charge >= 0.3 is 5.97 Å². The molecule has 0 aliphatic carbocycles. The highest BCUT2D eigenvalue weighted by Crippen LogP contribution is 2.23. The largest absolute Gasteiger partial charge is 0.481 e. The van der Waals surface area contributed by atoms with Crippen LogP contribution >= 0.6 is 15.9 Å². The lowest BCUT2D eigenvalue weighted by atomic mass is 9.84. The number of carboxylic acids is 1. The minimum absolute atomic E-state index is 0.0924. The van der Waals surface area contributed by atoms with Crippen LogP contribution in [0.4, 0.5) is 0 Å². The average Bonchev–Trinajstić information content (AvgIpc) is 2.25. The van der Waals surface area contributed by atoms with E-state index in [0.717, 1.165) is 10.0 Å². The minimum atomic E-state index is -0.919. The van der Waals surface area contributed by atoms with Crippen molar-refractivity contribution in [1.29, 1.82) is 0 Å². The number of hydrogen-bond acceptors (Lipinski definition) is 2. The molecule has 0 saturated heterocycles. The summed E-state index contributed by atoms with van der Waals surface area (Å²) in [7, 11) is 0. The van der Waals surface area contributed by atoms with Gasteiger partial charge in [-0.25, -0.2) is 0 Å². The van der Waals surface area contributed by atoms with E-state index in [1.165, 1.54) is 0 Å². The summed E-state index contributed by atoms with van der Waals surface area (Å²) < 4.78 is 0.907. The molecule has 1 atom stereocenters. The molecule has 0 spiro atoms. The number of carboxylic acid groups (broad SMARTS) is 1. The molecule has 20 heavy (non-hydrogen) atoms. The summed E-state index contributed by atoms with van der Waals surface area (Å²) in [5.74, 6) is -1.16. The first-order valence-corrected chi connectivity index (χ1v) is 7.19. The molecular weight excluding hydrogens is 322 g/mol. The van der Waals surface area contributed by atoms with Crippen LogP contribution in [0.1, 0.15) is 43.1 Å². The number of aliphatic carboxylic acids is 1. The summed E-state index contributed by atoms with van der Waals surface area (Å²) in [5.41, 5.74) is 1.09. The van der Waals surface area contributed by atoms with Gasteiger partial charge in [-0.1, -0.05) is 36.7 Å². The van der Waals surface area contributed by atoms with Crippen molar-refractivity contribution in [3.63, 3.8) is 0 Å². The van der Waals surface area contributed by atoms with E-state index in [4.69, 9.17) is 5.11 Å². The van der Waals surface area contributed by atoms with Crippen LogP contribution in [0.5, 0.6) is 0 Å². The molecule has 0 aliphatic heterocycles. The van der Waals surface area contributed by atoms with Gasteiger partial charge < -0.3 is 10.4 Å². The van der Waals surface area contributed by atoms with E-state index in [1.54, 1.807) is 12.1 Å². The maximum atomic E-state index is 12.3. The van der Waals surface area contributed by atoms with Gasteiger partial charge in [0.15, 0.2) is 0 Å². The fraction of sp³-hybridized carbons (Fsp3) is 0.467. The summed E-state index contributed by atoms with van der Waals surface area (Å²) in [4.78, 5) is 23.2. The van der Waals surface area contributed by atoms with Crippen LogP contribution in [0.25, 0.3) is 0 Å². The maximum absolute atomic E-state index is 12.3. The Kier molecular flexibility index (Phi) is 5.34. The van der Waals surface area contributed by atoms with E-state index in [2.05, 4.69) is 21.2 Å². The molecule has 1 unspecified atom stereocenters. The third-order valence-electron chi connectivity index (χ3n) is 3.16. The lowest BCUT2D eigenvalue weighted by molar-refractivity contribution is -0.138. The van der Waals surface area contributed by atoms with Crippen molar-refractivity contribution in [3.8, 4) is 0 Å². The minimum Gasteiger partial charge on any atom is -0.481 e. The number of aryl methyl sites for hydroxylation is 1. The van der Waals surface area contributed by atoms with Gasteiger partial charge in [0, 0.05) is 16.1 Å². The lowest BCUT2D eigenvalue weighted by Crippen LogP contribution is -2.45. The molecule has 0 saturated carbocycles. The Morgan fingerprint density at radius 1 is 1.35 bits per heavy atom. The molecule has 0 radical (unpaired) electrons. The second kappa shape index (κ2) is 6.39. The topological polar surface area (TPSA) is 66.4 Å². The normalized spacial score (nSPS) is 12.8. The Labute approximate surface area is 127 Å². The van der Waals surface area contributed by atoms with E-state index in [-0.39, 0.29) is 17.7 Å². The molecule has 1 amide bonds. The van der Waals surface area contributed by atoms with Crippen molar-refractivity contribution >= 4 is 27.8 Å². The Morgan fingerprint density at radius 2 is 1.95 bits per heavy atom. The van der Waals surface area contributed by atoms with Crippen LogP contribution in [0.2, 0.25) is 0 Å². The SMILES string of the molecule is Cc1cc(Br)ccc1C(=O)NC(CC(=O)O)C(C)(C)C. The van der Waals surface area contributed by atoms with E-state index >= 15 is 0 Å². The van der Waals surface area contributed by atoms with Gasteiger partial charge in [0.05, 0.1) is 6.42 Å². The smallest absolute Gasteiger partial charge is 0.305 e. The average molecular weight is 342 g/mol. The molecular formula is C15H20BrNO3. The van der Waals surface area contributed by atoms with Gasteiger partial charge in [0.25, 0.3) is 5.91 Å². The highest BCUT2D eigenvalue weighted by molar-refractivity contribution is 9.10. The number of rotatable bonds is 4. The molecule has 0 aliphatic rings. The van der Waals surface area contributed by atoms with E-state index in [1.807, 2.05) is 33.8 Å². The third-order valence-corrected chi connectivity index (χ3v) is 3.66. The van der Waals surface area contributed by atoms with Crippen LogP contribution in [-0.4, -0.2) is 23.0 Å². The molecule has 0 aromatic heterocycles. The predicted molar refractivity (Wildman–Crippen MR) is 81.8 cm³/mol. The van der Waals surface area contributed by atoms with Crippen molar-refractivity contribution in [2.75, 3.05) is 0 Å². The number of amides is 1. The predicted octanol–water partition coefficient (Wildman–Crippen LogP) is 3.38. The summed E-state index contributed by atoms with van der Waals surface area (Å²) in [6.07, 6.45) is -0.0924. The zero-order valence-electron chi connectivity index (χ0n) is 12.2. The Balaban J connectivity index is 2.93. The second-order valence-corrected chi connectivity index (χ2v) is 6.86. The van der Waals surface area contributed by atoms with Gasteiger partial charge in [-0.3, -0.25) is 9.59 Å². The van der Waals surface area contributed by atoms with E-state index in [0.29, 0.717) is 5.56 Å². The highest BCUT2D eigenvalue weighted by Gasteiger charge is 2.29. The number of carbonyl (C=O) groups is 2. The first-order valence-electron chi connectivity index (χ1n) is 6.40. The Bertz CT molecular complexity index is 520. The van der Waals surface area contributed by atoms with Crippen molar-refractivity contribution in [3.05, 3.63) is 33.8 Å². The van der Waals surface area contributed by atoms with Crippen LogP contribution in [0.3, 0.4) is 0 Å². The van der Waals surface area contributed by atoms with Crippen LogP contribution in [-0.2, 0) is 4.79 Å². The zero-order valence-corrected chi connectivity index (χ0v) is 13.7.